The molecule has 2 amide bonds. The van der Waals surface area contributed by atoms with Crippen LogP contribution in [0.1, 0.15) is 12.5 Å². The summed E-state index contributed by atoms with van der Waals surface area (Å²) < 4.78 is 5.31. The lowest BCUT2D eigenvalue weighted by molar-refractivity contribution is -0.133. The van der Waals surface area contributed by atoms with Crippen LogP contribution >= 0.6 is 0 Å². The molecule has 0 bridgehead atoms. The maximum Gasteiger partial charge on any atom is 0.227 e. The summed E-state index contributed by atoms with van der Waals surface area (Å²) in [6, 6.07) is 16.2. The van der Waals surface area contributed by atoms with Gasteiger partial charge in [0.25, 0.3) is 0 Å². The Labute approximate surface area is 160 Å². The number of methoxy groups -OCH3 is 1. The van der Waals surface area contributed by atoms with Gasteiger partial charge >= 0.3 is 0 Å². The van der Waals surface area contributed by atoms with Crippen LogP contribution in [0.5, 0.6) is 5.75 Å². The van der Waals surface area contributed by atoms with Gasteiger partial charge in [0, 0.05) is 33.6 Å². The van der Waals surface area contributed by atoms with E-state index < -0.39 is 0 Å². The maximum atomic E-state index is 12.7. The summed E-state index contributed by atoms with van der Waals surface area (Å²) in [5, 5.41) is 0. The van der Waals surface area contributed by atoms with Crippen molar-refractivity contribution in [3.63, 3.8) is 0 Å². The second-order valence-electron chi connectivity index (χ2n) is 7.06. The van der Waals surface area contributed by atoms with Gasteiger partial charge in [0.2, 0.25) is 11.8 Å². The van der Waals surface area contributed by atoms with E-state index in [4.69, 9.17) is 4.74 Å². The average Bonchev–Trinajstić information content (AvgIpc) is 2.82. The number of benzene rings is 2. The second kappa shape index (κ2) is 8.25. The first-order valence-electron chi connectivity index (χ1n) is 9.22. The van der Waals surface area contributed by atoms with Crippen molar-refractivity contribution in [1.29, 1.82) is 0 Å². The Hall–Kier alpha value is -2.82. The molecular formula is C22H26N2O3. The molecule has 2 aromatic carbocycles. The molecule has 0 saturated carbocycles. The van der Waals surface area contributed by atoms with Crippen molar-refractivity contribution in [2.75, 3.05) is 33.8 Å². The van der Waals surface area contributed by atoms with Crippen LogP contribution in [0.25, 0.3) is 11.1 Å². The van der Waals surface area contributed by atoms with Gasteiger partial charge in [0.15, 0.2) is 0 Å². The molecule has 27 heavy (non-hydrogen) atoms. The van der Waals surface area contributed by atoms with Crippen molar-refractivity contribution in [2.24, 2.45) is 5.92 Å². The Kier molecular flexibility index (Phi) is 5.79. The van der Waals surface area contributed by atoms with Gasteiger partial charge in [0.05, 0.1) is 13.0 Å². The number of likely N-dealkylation sites (N-methyl/N-ethyl adjacent to an activating group) is 1. The van der Waals surface area contributed by atoms with Crippen LogP contribution in [0.3, 0.4) is 0 Å². The standard InChI is InChI=1S/C22H26N2O3/c1-16(25)24-11-10-23(2)22(26)20(15-24)13-17-6-4-7-18(12-17)19-8-5-9-21(14-19)27-3/h4-9,12,14,20H,10-11,13,15H2,1-3H3. The molecule has 3 rings (SSSR count). The van der Waals surface area contributed by atoms with Gasteiger partial charge in [-0.1, -0.05) is 36.4 Å². The summed E-state index contributed by atoms with van der Waals surface area (Å²) in [4.78, 5) is 28.1. The van der Waals surface area contributed by atoms with Gasteiger partial charge in [-0.2, -0.15) is 0 Å². The largest absolute Gasteiger partial charge is 0.497 e. The first kappa shape index (κ1) is 19.0. The molecule has 0 aromatic heterocycles. The first-order chi connectivity index (χ1) is 13.0. The maximum absolute atomic E-state index is 12.7. The van der Waals surface area contributed by atoms with E-state index in [2.05, 4.69) is 12.1 Å². The quantitative estimate of drug-likeness (QED) is 0.836. The number of amides is 2. The fourth-order valence-electron chi connectivity index (χ4n) is 3.53. The van der Waals surface area contributed by atoms with Gasteiger partial charge < -0.3 is 14.5 Å². The molecule has 5 nitrogen and oxygen atoms in total. The molecule has 1 aliphatic heterocycles. The van der Waals surface area contributed by atoms with Crippen molar-refractivity contribution in [1.82, 2.24) is 9.80 Å². The van der Waals surface area contributed by atoms with Gasteiger partial charge in [-0.25, -0.2) is 0 Å². The van der Waals surface area contributed by atoms with E-state index in [1.807, 2.05) is 43.4 Å². The lowest BCUT2D eigenvalue weighted by Gasteiger charge is -2.22. The zero-order valence-corrected chi connectivity index (χ0v) is 16.1. The third kappa shape index (κ3) is 4.48. The van der Waals surface area contributed by atoms with Crippen LogP contribution in [0.15, 0.2) is 48.5 Å². The molecule has 5 heteroatoms. The summed E-state index contributed by atoms with van der Waals surface area (Å²) in [6.45, 7) is 3.22. The number of hydrogen-bond acceptors (Lipinski definition) is 3. The van der Waals surface area contributed by atoms with Crippen molar-refractivity contribution >= 4 is 11.8 Å². The van der Waals surface area contributed by atoms with E-state index >= 15 is 0 Å². The van der Waals surface area contributed by atoms with Crippen LogP contribution in [-0.2, 0) is 16.0 Å². The minimum Gasteiger partial charge on any atom is -0.497 e. The number of carbonyl (C=O) groups is 2. The van der Waals surface area contributed by atoms with Crippen LogP contribution in [-0.4, -0.2) is 55.4 Å². The van der Waals surface area contributed by atoms with E-state index in [1.54, 1.807) is 23.8 Å². The average molecular weight is 366 g/mol. The van der Waals surface area contributed by atoms with E-state index in [9.17, 15) is 9.59 Å². The van der Waals surface area contributed by atoms with Gasteiger partial charge in [-0.05, 0) is 35.2 Å². The fourth-order valence-corrected chi connectivity index (χ4v) is 3.53. The molecule has 1 unspecified atom stereocenters. The third-order valence-electron chi connectivity index (χ3n) is 5.13. The monoisotopic (exact) mass is 366 g/mol. The molecule has 2 aromatic rings. The fraction of sp³-hybridized carbons (Fsp3) is 0.364. The van der Waals surface area contributed by atoms with E-state index in [1.165, 1.54) is 0 Å². The molecule has 0 radical (unpaired) electrons. The first-order valence-corrected chi connectivity index (χ1v) is 9.22. The topological polar surface area (TPSA) is 49.9 Å². The highest BCUT2D eigenvalue weighted by molar-refractivity contribution is 5.81. The molecule has 142 valence electrons. The summed E-state index contributed by atoms with van der Waals surface area (Å²) in [7, 11) is 3.47. The summed E-state index contributed by atoms with van der Waals surface area (Å²) in [6.07, 6.45) is 0.616. The van der Waals surface area contributed by atoms with E-state index in [0.717, 1.165) is 22.4 Å². The third-order valence-corrected chi connectivity index (χ3v) is 5.13. The Morgan fingerprint density at radius 2 is 1.81 bits per heavy atom. The molecule has 0 N–H and O–H groups in total. The molecule has 1 fully saturated rings. The highest BCUT2D eigenvalue weighted by atomic mass is 16.5. The smallest absolute Gasteiger partial charge is 0.227 e. The lowest BCUT2D eigenvalue weighted by Crippen LogP contribution is -2.36. The molecule has 1 heterocycles. The Morgan fingerprint density at radius 1 is 1.11 bits per heavy atom. The number of carbonyl (C=O) groups excluding carboxylic acids is 2. The zero-order valence-electron chi connectivity index (χ0n) is 16.1. The zero-order chi connectivity index (χ0) is 19.4. The molecular weight excluding hydrogens is 340 g/mol. The van der Waals surface area contributed by atoms with Crippen LogP contribution in [0.4, 0.5) is 0 Å². The molecule has 0 spiro atoms. The molecule has 1 atom stereocenters. The van der Waals surface area contributed by atoms with Gasteiger partial charge in [-0.3, -0.25) is 9.59 Å². The summed E-state index contributed by atoms with van der Waals surface area (Å²) in [5.41, 5.74) is 3.25. The van der Waals surface area contributed by atoms with Crippen molar-refractivity contribution in [3.05, 3.63) is 54.1 Å². The van der Waals surface area contributed by atoms with Crippen molar-refractivity contribution < 1.29 is 14.3 Å². The highest BCUT2D eigenvalue weighted by Crippen LogP contribution is 2.26. The minimum absolute atomic E-state index is 0.0215. The van der Waals surface area contributed by atoms with Gasteiger partial charge in [0.1, 0.15) is 5.75 Å². The van der Waals surface area contributed by atoms with Crippen molar-refractivity contribution in [2.45, 2.75) is 13.3 Å². The Bertz CT molecular complexity index is 834. The molecule has 0 aliphatic carbocycles. The number of rotatable bonds is 4. The summed E-state index contributed by atoms with van der Waals surface area (Å²) >= 11 is 0. The predicted molar refractivity (Wildman–Crippen MR) is 106 cm³/mol. The predicted octanol–water partition coefficient (Wildman–Crippen LogP) is 2.84. The van der Waals surface area contributed by atoms with Gasteiger partial charge in [-0.15, -0.1) is 0 Å². The van der Waals surface area contributed by atoms with Crippen LogP contribution in [0, 0.1) is 5.92 Å². The molecule has 1 saturated heterocycles. The van der Waals surface area contributed by atoms with Crippen LogP contribution in [0.2, 0.25) is 0 Å². The number of nitrogens with zero attached hydrogens (tertiary/aromatic N) is 2. The Morgan fingerprint density at radius 3 is 2.52 bits per heavy atom. The lowest BCUT2D eigenvalue weighted by atomic mass is 9.95. The SMILES string of the molecule is COc1cccc(-c2cccc(CC3CN(C(C)=O)CCN(C)C3=O)c2)c1. The number of hydrogen-bond donors (Lipinski definition) is 0. The van der Waals surface area contributed by atoms with Crippen LogP contribution < -0.4 is 4.74 Å². The highest BCUT2D eigenvalue weighted by Gasteiger charge is 2.29. The van der Waals surface area contributed by atoms with E-state index in [0.29, 0.717) is 26.1 Å². The molecule has 1 aliphatic rings. The summed E-state index contributed by atoms with van der Waals surface area (Å²) in [5.74, 6) is 0.719. The second-order valence-corrected chi connectivity index (χ2v) is 7.06. The Balaban J connectivity index is 1.83. The number of ether oxygens (including phenoxy) is 1. The minimum atomic E-state index is -0.220. The van der Waals surface area contributed by atoms with Crippen molar-refractivity contribution in [3.8, 4) is 16.9 Å². The normalized spacial score (nSPS) is 17.6. The van der Waals surface area contributed by atoms with E-state index in [-0.39, 0.29) is 17.7 Å².